The smallest absolute Gasteiger partial charge is 0.335 e. The van der Waals surface area contributed by atoms with Crippen LogP contribution in [0.4, 0.5) is 0 Å². The maximum atomic E-state index is 10.4. The maximum absolute atomic E-state index is 10.4. The minimum Gasteiger partial charge on any atom is -0.478 e. The number of hydrogen-bond donors (Lipinski definition) is 3. The van der Waals surface area contributed by atoms with Gasteiger partial charge in [-0.25, -0.2) is 14.8 Å². The quantitative estimate of drug-likeness (QED) is 0.0980. The lowest BCUT2D eigenvalue weighted by Crippen LogP contribution is -1.97. The molecular weight excluding hydrogens is 592 g/mol. The van der Waals surface area contributed by atoms with Crippen LogP contribution in [-0.4, -0.2) is 41.6 Å². The number of benzene rings is 5. The molecule has 12 heteroatoms. The van der Waals surface area contributed by atoms with Crippen molar-refractivity contribution in [3.05, 3.63) is 153 Å². The van der Waals surface area contributed by atoms with Crippen LogP contribution < -0.4 is 0 Å². The van der Waals surface area contributed by atoms with Crippen molar-refractivity contribution in [3.8, 4) is 11.1 Å². The topological polar surface area (TPSA) is 190 Å². The van der Waals surface area contributed by atoms with Gasteiger partial charge < -0.3 is 15.5 Å². The van der Waals surface area contributed by atoms with Gasteiger partial charge in [0.15, 0.2) is 0 Å². The molecule has 0 atom stereocenters. The minimum absolute atomic E-state index is 0.377. The molecule has 5 aromatic carbocycles. The highest BCUT2D eigenvalue weighted by atomic mass is 16.9. The highest BCUT2D eigenvalue weighted by molar-refractivity contribution is 6.20. The van der Waals surface area contributed by atoms with E-state index in [0.717, 1.165) is 27.6 Å². The summed E-state index contributed by atoms with van der Waals surface area (Å²) in [7, 11) is 0. The van der Waals surface area contributed by atoms with Crippen LogP contribution in [0.25, 0.3) is 54.7 Å². The lowest BCUT2D eigenvalue weighted by molar-refractivity contribution is -0.742. The molecule has 0 radical (unpaired) electrons. The largest absolute Gasteiger partial charge is 0.478 e. The zero-order chi connectivity index (χ0) is 33.2. The maximum Gasteiger partial charge on any atom is 0.335 e. The summed E-state index contributed by atoms with van der Waals surface area (Å²) in [5, 5.41) is 40.5. The summed E-state index contributed by atoms with van der Waals surface area (Å²) in [6.07, 6.45) is 0. The fourth-order valence-corrected chi connectivity index (χ4v) is 5.03. The summed E-state index contributed by atoms with van der Waals surface area (Å²) < 4.78 is 0. The average molecular weight is 619 g/mol. The summed E-state index contributed by atoms with van der Waals surface area (Å²) in [4.78, 5) is 37.0. The summed E-state index contributed by atoms with van der Waals surface area (Å²) >= 11 is 0. The van der Waals surface area contributed by atoms with E-state index >= 15 is 0 Å². The van der Waals surface area contributed by atoms with E-state index in [-0.39, 0.29) is 0 Å². The summed E-state index contributed by atoms with van der Waals surface area (Å²) in [6, 6.07) is 40.6. The van der Waals surface area contributed by atoms with Crippen molar-refractivity contribution >= 4 is 49.6 Å². The Morgan fingerprint density at radius 2 is 0.804 bits per heavy atom. The monoisotopic (exact) mass is 618 g/mol. The van der Waals surface area contributed by atoms with Gasteiger partial charge in [-0.1, -0.05) is 91.0 Å². The standard InChI is InChI=1S/C26H16N2.C8H8O2.2HNO3/c1-5-13-21-17(9-1)25(18-10-2-6-14-22(18)27-21)26-19-11-3-7-15-23(19)28-24-16-8-4-12-20(24)26;1-6-4-2-3-5-7(6)8(9)10;2*2-1(3)4/h1-16H;2-5H,1H3,(H,9,10);2*(H,2,3,4). The highest BCUT2D eigenvalue weighted by Crippen LogP contribution is 2.41. The zero-order valence-corrected chi connectivity index (χ0v) is 24.2. The number of pyridine rings is 2. The van der Waals surface area contributed by atoms with Crippen molar-refractivity contribution < 1.29 is 30.5 Å². The molecule has 0 aliphatic heterocycles. The number of hydrogen-bond acceptors (Lipinski definition) is 7. The molecule has 0 fully saturated rings. The molecule has 12 nitrogen and oxygen atoms in total. The molecule has 0 unspecified atom stereocenters. The summed E-state index contributed by atoms with van der Waals surface area (Å²) in [5.41, 5.74) is 7.70. The number of carbonyl (C=O) groups is 1. The van der Waals surface area contributed by atoms with E-state index in [2.05, 4.69) is 97.1 Å². The second-order valence-electron chi connectivity index (χ2n) is 9.64. The van der Waals surface area contributed by atoms with Crippen molar-refractivity contribution in [1.82, 2.24) is 9.97 Å². The number of fused-ring (bicyclic) bond motifs is 4. The molecule has 2 aromatic heterocycles. The van der Waals surface area contributed by atoms with E-state index < -0.39 is 16.1 Å². The highest BCUT2D eigenvalue weighted by Gasteiger charge is 2.17. The Kier molecular flexibility index (Phi) is 10.3. The third kappa shape index (κ3) is 7.63. The van der Waals surface area contributed by atoms with Gasteiger partial charge in [0.2, 0.25) is 0 Å². The third-order valence-corrected chi connectivity index (χ3v) is 6.80. The number of aromatic carboxylic acids is 1. The number of para-hydroxylation sites is 4. The molecule has 230 valence electrons. The molecular formula is C34H26N4O8. The van der Waals surface area contributed by atoms with Gasteiger partial charge in [-0.3, -0.25) is 0 Å². The fraction of sp³-hybridized carbons (Fsp3) is 0.0294. The Balaban J connectivity index is 0.000000221. The molecule has 7 rings (SSSR count). The van der Waals surface area contributed by atoms with Crippen LogP contribution in [0.15, 0.2) is 121 Å². The van der Waals surface area contributed by atoms with Gasteiger partial charge in [-0.05, 0) is 42.8 Å². The first-order valence-corrected chi connectivity index (χ1v) is 13.6. The summed E-state index contributed by atoms with van der Waals surface area (Å²) in [6.45, 7) is 1.78. The van der Waals surface area contributed by atoms with Crippen LogP contribution in [-0.2, 0) is 0 Å². The number of rotatable bonds is 2. The molecule has 0 aliphatic rings. The van der Waals surface area contributed by atoms with Gasteiger partial charge in [-0.15, -0.1) is 20.2 Å². The lowest BCUT2D eigenvalue weighted by atomic mass is 9.91. The number of aromatic nitrogens is 2. The SMILES string of the molecule is Cc1ccccc1C(=O)O.O=[N+]([O-])O.O=[N+]([O-])O.c1ccc2c(-c3c4ccccc4nc4ccccc34)c3ccccc3nc2c1. The van der Waals surface area contributed by atoms with E-state index in [9.17, 15) is 4.79 Å². The molecule has 0 aliphatic carbocycles. The van der Waals surface area contributed by atoms with Crippen LogP contribution in [0.2, 0.25) is 0 Å². The first-order chi connectivity index (χ1) is 22.1. The zero-order valence-electron chi connectivity index (χ0n) is 24.2. The van der Waals surface area contributed by atoms with E-state index in [0.29, 0.717) is 5.56 Å². The van der Waals surface area contributed by atoms with Gasteiger partial charge in [0, 0.05) is 32.7 Å². The van der Waals surface area contributed by atoms with Gasteiger partial charge in [-0.2, -0.15) is 0 Å². The van der Waals surface area contributed by atoms with Crippen molar-refractivity contribution in [1.29, 1.82) is 0 Å². The van der Waals surface area contributed by atoms with Crippen molar-refractivity contribution in [2.75, 3.05) is 0 Å². The van der Waals surface area contributed by atoms with E-state index in [1.54, 1.807) is 25.1 Å². The predicted octanol–water partition coefficient (Wildman–Crippen LogP) is 7.75. The molecule has 0 amide bonds. The molecule has 0 saturated heterocycles. The fourth-order valence-electron chi connectivity index (χ4n) is 5.03. The van der Waals surface area contributed by atoms with Crippen LogP contribution in [0.3, 0.4) is 0 Å². The molecule has 0 spiro atoms. The van der Waals surface area contributed by atoms with Crippen molar-refractivity contribution in [2.24, 2.45) is 0 Å². The van der Waals surface area contributed by atoms with Crippen LogP contribution >= 0.6 is 0 Å². The Morgan fingerprint density at radius 1 is 0.543 bits per heavy atom. The molecule has 46 heavy (non-hydrogen) atoms. The van der Waals surface area contributed by atoms with Gasteiger partial charge in [0.1, 0.15) is 0 Å². The van der Waals surface area contributed by atoms with E-state index in [1.165, 1.54) is 32.7 Å². The van der Waals surface area contributed by atoms with Crippen LogP contribution in [0, 0.1) is 27.2 Å². The van der Waals surface area contributed by atoms with Gasteiger partial charge in [0.05, 0.1) is 27.6 Å². The number of nitrogens with zero attached hydrogens (tertiary/aromatic N) is 4. The first kappa shape index (κ1) is 32.2. The molecule has 7 aromatic rings. The number of carboxylic acids is 1. The van der Waals surface area contributed by atoms with Gasteiger partial charge >= 0.3 is 5.97 Å². The number of aryl methyl sites for hydroxylation is 1. The average Bonchev–Trinajstić information content (AvgIpc) is 3.02. The molecule has 3 N–H and O–H groups in total. The normalized spacial score (nSPS) is 10.1. The Labute approximate surface area is 260 Å². The number of carboxylic acid groups (broad SMARTS) is 1. The predicted molar refractivity (Wildman–Crippen MR) is 173 cm³/mol. The Morgan fingerprint density at radius 3 is 1.07 bits per heavy atom. The van der Waals surface area contributed by atoms with E-state index in [4.69, 9.17) is 45.7 Å². The van der Waals surface area contributed by atoms with Crippen molar-refractivity contribution in [2.45, 2.75) is 6.92 Å². The third-order valence-electron chi connectivity index (χ3n) is 6.80. The Hall–Kier alpha value is -6.69. The minimum atomic E-state index is -1.50. The lowest BCUT2D eigenvalue weighted by Gasteiger charge is -2.16. The van der Waals surface area contributed by atoms with Crippen LogP contribution in [0.1, 0.15) is 15.9 Å². The van der Waals surface area contributed by atoms with E-state index in [1.807, 2.05) is 6.07 Å². The molecule has 0 bridgehead atoms. The Bertz CT molecular complexity index is 1960. The first-order valence-electron chi connectivity index (χ1n) is 13.6. The summed E-state index contributed by atoms with van der Waals surface area (Å²) in [5.74, 6) is -0.863. The second-order valence-corrected chi connectivity index (χ2v) is 9.64. The van der Waals surface area contributed by atoms with Gasteiger partial charge in [0.25, 0.3) is 10.2 Å². The van der Waals surface area contributed by atoms with Crippen LogP contribution in [0.5, 0.6) is 0 Å². The molecule has 0 saturated carbocycles. The second kappa shape index (κ2) is 14.7. The molecule has 2 heterocycles. The van der Waals surface area contributed by atoms with Crippen molar-refractivity contribution in [3.63, 3.8) is 0 Å².